The van der Waals surface area contributed by atoms with Gasteiger partial charge < -0.3 is 11.1 Å². The molecule has 3 N–H and O–H groups in total. The zero-order valence-corrected chi connectivity index (χ0v) is 18.0. The van der Waals surface area contributed by atoms with E-state index in [1.807, 2.05) is 24.4 Å². The van der Waals surface area contributed by atoms with Crippen molar-refractivity contribution in [2.45, 2.75) is 46.0 Å². The van der Waals surface area contributed by atoms with Gasteiger partial charge >= 0.3 is 0 Å². The summed E-state index contributed by atoms with van der Waals surface area (Å²) in [6.45, 7) is 11.3. The number of aliphatic imine (C=N–C) groups is 1. The van der Waals surface area contributed by atoms with Crippen LogP contribution in [0, 0.1) is 6.92 Å². The molecule has 5 heteroatoms. The van der Waals surface area contributed by atoms with Crippen LogP contribution in [-0.4, -0.2) is 17.5 Å². The Morgan fingerprint density at radius 3 is 2.60 bits per heavy atom. The number of halogens is 1. The van der Waals surface area contributed by atoms with Crippen molar-refractivity contribution in [3.8, 4) is 0 Å². The van der Waals surface area contributed by atoms with Crippen LogP contribution in [0.2, 0.25) is 0 Å². The SMILES string of the molecule is Cc1cccnc1C(C)(C)CN=C(N)Nc1cccc(C(C)C)c1.I. The molecule has 0 saturated carbocycles. The van der Waals surface area contributed by atoms with Gasteiger partial charge in [-0.25, -0.2) is 0 Å². The van der Waals surface area contributed by atoms with Gasteiger partial charge in [-0.3, -0.25) is 9.98 Å². The van der Waals surface area contributed by atoms with Crippen molar-refractivity contribution in [1.29, 1.82) is 0 Å². The Morgan fingerprint density at radius 1 is 1.24 bits per heavy atom. The molecule has 1 heterocycles. The van der Waals surface area contributed by atoms with E-state index in [9.17, 15) is 0 Å². The third-order valence-corrected chi connectivity index (χ3v) is 4.12. The fourth-order valence-electron chi connectivity index (χ4n) is 2.71. The van der Waals surface area contributed by atoms with E-state index in [2.05, 4.69) is 68.1 Å². The van der Waals surface area contributed by atoms with Crippen LogP contribution in [0.4, 0.5) is 5.69 Å². The van der Waals surface area contributed by atoms with Gasteiger partial charge in [0.2, 0.25) is 0 Å². The highest BCUT2D eigenvalue weighted by molar-refractivity contribution is 14.0. The minimum Gasteiger partial charge on any atom is -0.370 e. The molecule has 136 valence electrons. The zero-order valence-electron chi connectivity index (χ0n) is 15.7. The lowest BCUT2D eigenvalue weighted by molar-refractivity contribution is 0.519. The van der Waals surface area contributed by atoms with E-state index in [1.54, 1.807) is 0 Å². The number of nitrogens with two attached hydrogens (primary N) is 1. The van der Waals surface area contributed by atoms with E-state index in [1.165, 1.54) is 11.1 Å². The minimum absolute atomic E-state index is 0. The van der Waals surface area contributed by atoms with E-state index >= 15 is 0 Å². The molecule has 0 bridgehead atoms. The van der Waals surface area contributed by atoms with E-state index in [0.717, 1.165) is 11.4 Å². The smallest absolute Gasteiger partial charge is 0.193 e. The molecule has 0 amide bonds. The number of pyridine rings is 1. The minimum atomic E-state index is -0.169. The van der Waals surface area contributed by atoms with Crippen LogP contribution >= 0.6 is 24.0 Å². The molecule has 0 aliphatic rings. The predicted molar refractivity (Wildman–Crippen MR) is 118 cm³/mol. The van der Waals surface area contributed by atoms with Crippen molar-refractivity contribution in [3.63, 3.8) is 0 Å². The van der Waals surface area contributed by atoms with E-state index in [0.29, 0.717) is 18.4 Å². The topological polar surface area (TPSA) is 63.3 Å². The molecule has 0 atom stereocenters. The average molecular weight is 452 g/mol. The fraction of sp³-hybridized carbons (Fsp3) is 0.400. The number of guanidine groups is 1. The molecule has 0 saturated heterocycles. The molecule has 4 nitrogen and oxygen atoms in total. The van der Waals surface area contributed by atoms with Gasteiger partial charge in [0.1, 0.15) is 0 Å². The third-order valence-electron chi connectivity index (χ3n) is 4.12. The van der Waals surface area contributed by atoms with Crippen LogP contribution in [0.25, 0.3) is 0 Å². The maximum atomic E-state index is 6.07. The highest BCUT2D eigenvalue weighted by Gasteiger charge is 2.23. The van der Waals surface area contributed by atoms with E-state index in [-0.39, 0.29) is 29.4 Å². The number of nitrogens with one attached hydrogen (secondary N) is 1. The van der Waals surface area contributed by atoms with Gasteiger partial charge in [-0.15, -0.1) is 24.0 Å². The van der Waals surface area contributed by atoms with Crippen LogP contribution in [0.5, 0.6) is 0 Å². The van der Waals surface area contributed by atoms with Crippen molar-refractivity contribution in [3.05, 3.63) is 59.4 Å². The highest BCUT2D eigenvalue weighted by Crippen LogP contribution is 2.24. The Labute approximate surface area is 168 Å². The Morgan fingerprint density at radius 2 is 1.96 bits per heavy atom. The summed E-state index contributed by atoms with van der Waals surface area (Å²) in [7, 11) is 0. The lowest BCUT2D eigenvalue weighted by atomic mass is 9.86. The van der Waals surface area contributed by atoms with Crippen LogP contribution in [0.1, 0.15) is 50.4 Å². The molecule has 1 aromatic carbocycles. The largest absolute Gasteiger partial charge is 0.370 e. The zero-order chi connectivity index (χ0) is 17.7. The number of hydrogen-bond acceptors (Lipinski definition) is 2. The summed E-state index contributed by atoms with van der Waals surface area (Å²) in [6, 6.07) is 12.3. The molecule has 0 radical (unpaired) electrons. The molecule has 0 unspecified atom stereocenters. The molecule has 1 aromatic heterocycles. The van der Waals surface area contributed by atoms with Crippen molar-refractivity contribution >= 4 is 35.6 Å². The molecule has 0 aliphatic carbocycles. The quantitative estimate of drug-likeness (QED) is 0.388. The second-order valence-electron chi connectivity index (χ2n) is 7.16. The number of aryl methyl sites for hydroxylation is 1. The van der Waals surface area contributed by atoms with Gasteiger partial charge in [-0.05, 0) is 42.2 Å². The van der Waals surface area contributed by atoms with Crippen LogP contribution in [-0.2, 0) is 5.41 Å². The van der Waals surface area contributed by atoms with Crippen molar-refractivity contribution in [2.75, 3.05) is 11.9 Å². The van der Waals surface area contributed by atoms with Crippen molar-refractivity contribution < 1.29 is 0 Å². The molecular weight excluding hydrogens is 423 g/mol. The lowest BCUT2D eigenvalue weighted by Gasteiger charge is -2.23. The Hall–Kier alpha value is -1.63. The van der Waals surface area contributed by atoms with E-state index < -0.39 is 0 Å². The monoisotopic (exact) mass is 452 g/mol. The predicted octanol–water partition coefficient (Wildman–Crippen LogP) is 4.84. The molecule has 2 aromatic rings. The molecule has 0 aliphatic heterocycles. The summed E-state index contributed by atoms with van der Waals surface area (Å²) in [4.78, 5) is 9.04. The van der Waals surface area contributed by atoms with E-state index in [4.69, 9.17) is 5.73 Å². The Balaban J connectivity index is 0.00000312. The van der Waals surface area contributed by atoms with Crippen molar-refractivity contribution in [1.82, 2.24) is 4.98 Å². The number of benzene rings is 1. The number of rotatable bonds is 5. The summed E-state index contributed by atoms with van der Waals surface area (Å²) in [5, 5.41) is 3.18. The van der Waals surface area contributed by atoms with Crippen LogP contribution < -0.4 is 11.1 Å². The highest BCUT2D eigenvalue weighted by atomic mass is 127. The molecular formula is C20H29IN4. The summed E-state index contributed by atoms with van der Waals surface area (Å²) < 4.78 is 0. The Bertz CT molecular complexity index is 723. The molecule has 25 heavy (non-hydrogen) atoms. The maximum Gasteiger partial charge on any atom is 0.193 e. The second-order valence-corrected chi connectivity index (χ2v) is 7.16. The van der Waals surface area contributed by atoms with Crippen molar-refractivity contribution in [2.24, 2.45) is 10.7 Å². The summed E-state index contributed by atoms with van der Waals surface area (Å²) in [5.41, 5.74) is 10.4. The van der Waals surface area contributed by atoms with Gasteiger partial charge in [0.15, 0.2) is 5.96 Å². The second kappa shape index (κ2) is 9.17. The first kappa shape index (κ1) is 21.4. The van der Waals surface area contributed by atoms with Gasteiger partial charge in [0, 0.05) is 17.3 Å². The number of hydrogen-bond donors (Lipinski definition) is 2. The standard InChI is InChI=1S/C20H28N4.HI/c1-14(2)16-9-6-10-17(12-16)24-19(21)23-13-20(4,5)18-15(3)8-7-11-22-18;/h6-12,14H,13H2,1-5H3,(H3,21,23,24);1H. The lowest BCUT2D eigenvalue weighted by Crippen LogP contribution is -2.29. The molecule has 0 spiro atoms. The van der Waals surface area contributed by atoms with Crippen LogP contribution in [0.3, 0.4) is 0 Å². The average Bonchev–Trinajstić information content (AvgIpc) is 2.53. The first-order valence-corrected chi connectivity index (χ1v) is 8.38. The first-order valence-electron chi connectivity index (χ1n) is 8.38. The first-order chi connectivity index (χ1) is 11.3. The molecule has 2 rings (SSSR count). The van der Waals surface area contributed by atoms with Gasteiger partial charge in [-0.1, -0.05) is 45.9 Å². The fourth-order valence-corrected chi connectivity index (χ4v) is 2.71. The maximum absolute atomic E-state index is 6.07. The number of aromatic nitrogens is 1. The van der Waals surface area contributed by atoms with Gasteiger partial charge in [-0.2, -0.15) is 0 Å². The van der Waals surface area contributed by atoms with Crippen LogP contribution in [0.15, 0.2) is 47.6 Å². The number of anilines is 1. The normalized spacial score (nSPS) is 12.0. The third kappa shape index (κ3) is 5.99. The summed E-state index contributed by atoms with van der Waals surface area (Å²) in [5.74, 6) is 0.911. The molecule has 0 fully saturated rings. The summed E-state index contributed by atoms with van der Waals surface area (Å²) in [6.07, 6.45) is 1.83. The Kier molecular flexibility index (Phi) is 7.86. The number of nitrogens with zero attached hydrogens (tertiary/aromatic N) is 2. The van der Waals surface area contributed by atoms with Gasteiger partial charge in [0.25, 0.3) is 0 Å². The van der Waals surface area contributed by atoms with Gasteiger partial charge in [0.05, 0.1) is 12.2 Å². The summed E-state index contributed by atoms with van der Waals surface area (Å²) >= 11 is 0.